The lowest BCUT2D eigenvalue weighted by atomic mass is 10.2. The van der Waals surface area contributed by atoms with Crippen LogP contribution in [0, 0.1) is 5.82 Å². The topological polar surface area (TPSA) is 62.1 Å². The number of amides is 1. The van der Waals surface area contributed by atoms with E-state index in [9.17, 15) is 9.18 Å². The molecule has 5 heteroatoms. The first-order valence-corrected chi connectivity index (χ1v) is 5.63. The summed E-state index contributed by atoms with van der Waals surface area (Å²) in [5, 5.41) is 0. The molecule has 0 atom stereocenters. The Kier molecular flexibility index (Phi) is 3.32. The Morgan fingerprint density at radius 2 is 2.06 bits per heavy atom. The van der Waals surface area contributed by atoms with Gasteiger partial charge in [-0.25, -0.2) is 4.39 Å². The number of hydrogen-bond acceptors (Lipinski definition) is 2. The third-order valence-corrected chi connectivity index (χ3v) is 2.64. The Bertz CT molecular complexity index is 548. The Balaban J connectivity index is 2.28. The molecule has 0 radical (unpaired) electrons. The third-order valence-electron chi connectivity index (χ3n) is 2.64. The minimum Gasteiger partial charge on any atom is -0.397 e. The van der Waals surface area contributed by atoms with E-state index in [1.54, 1.807) is 29.3 Å². The highest BCUT2D eigenvalue weighted by molar-refractivity contribution is 6.05. The van der Waals surface area contributed by atoms with Crippen LogP contribution in [0.1, 0.15) is 17.4 Å². The van der Waals surface area contributed by atoms with Gasteiger partial charge in [0.15, 0.2) is 0 Å². The molecule has 0 fully saturated rings. The highest BCUT2D eigenvalue weighted by Gasteiger charge is 2.17. The molecule has 1 heterocycles. The number of H-pyrrole nitrogens is 1. The Hall–Kier alpha value is -2.30. The molecule has 1 aromatic carbocycles. The van der Waals surface area contributed by atoms with E-state index in [2.05, 4.69) is 4.98 Å². The number of aromatic nitrogens is 1. The fraction of sp³-hybridized carbons (Fsp3) is 0.154. The number of rotatable bonds is 3. The number of carbonyl (C=O) groups excluding carboxylic acids is 1. The second kappa shape index (κ2) is 4.91. The van der Waals surface area contributed by atoms with Gasteiger partial charge in [0.1, 0.15) is 11.5 Å². The van der Waals surface area contributed by atoms with Crippen LogP contribution in [-0.2, 0) is 0 Å². The monoisotopic (exact) mass is 247 g/mol. The van der Waals surface area contributed by atoms with Crippen LogP contribution >= 0.6 is 0 Å². The molecule has 18 heavy (non-hydrogen) atoms. The first-order valence-electron chi connectivity index (χ1n) is 5.63. The van der Waals surface area contributed by atoms with Crippen LogP contribution in [0.5, 0.6) is 0 Å². The number of nitrogens with one attached hydrogen (secondary N) is 1. The molecule has 0 bridgehead atoms. The molecule has 1 amide bonds. The van der Waals surface area contributed by atoms with Crippen LogP contribution in [0.2, 0.25) is 0 Å². The van der Waals surface area contributed by atoms with E-state index >= 15 is 0 Å². The second-order valence-electron chi connectivity index (χ2n) is 3.87. The van der Waals surface area contributed by atoms with Gasteiger partial charge in [0.25, 0.3) is 5.91 Å². The number of hydrogen-bond donors (Lipinski definition) is 2. The number of aromatic amines is 1. The van der Waals surface area contributed by atoms with Crippen molar-refractivity contribution in [3.8, 4) is 0 Å². The molecule has 2 rings (SSSR count). The van der Waals surface area contributed by atoms with E-state index in [1.165, 1.54) is 12.1 Å². The molecule has 4 nitrogen and oxygen atoms in total. The smallest absolute Gasteiger partial charge is 0.274 e. The van der Waals surface area contributed by atoms with Crippen molar-refractivity contribution >= 4 is 17.3 Å². The average Bonchev–Trinajstić information content (AvgIpc) is 2.79. The predicted molar refractivity (Wildman–Crippen MR) is 69.0 cm³/mol. The lowest BCUT2D eigenvalue weighted by molar-refractivity contribution is 0.0984. The molecule has 0 spiro atoms. The van der Waals surface area contributed by atoms with Crippen LogP contribution in [0.4, 0.5) is 15.8 Å². The van der Waals surface area contributed by atoms with E-state index < -0.39 is 0 Å². The van der Waals surface area contributed by atoms with Crippen LogP contribution in [0.3, 0.4) is 0 Å². The molecular weight excluding hydrogens is 233 g/mol. The molecule has 0 unspecified atom stereocenters. The first-order chi connectivity index (χ1) is 8.61. The van der Waals surface area contributed by atoms with E-state index in [-0.39, 0.29) is 11.7 Å². The number of anilines is 2. The van der Waals surface area contributed by atoms with Gasteiger partial charge in [0.05, 0.1) is 0 Å². The summed E-state index contributed by atoms with van der Waals surface area (Å²) >= 11 is 0. The zero-order valence-corrected chi connectivity index (χ0v) is 9.98. The lowest BCUT2D eigenvalue weighted by Gasteiger charge is -2.20. The molecule has 3 N–H and O–H groups in total. The third kappa shape index (κ3) is 2.34. The van der Waals surface area contributed by atoms with Gasteiger partial charge >= 0.3 is 0 Å². The van der Waals surface area contributed by atoms with Crippen LogP contribution in [-0.4, -0.2) is 17.4 Å². The van der Waals surface area contributed by atoms with Crippen molar-refractivity contribution in [1.29, 1.82) is 0 Å². The summed E-state index contributed by atoms with van der Waals surface area (Å²) in [6.07, 6.45) is 1.56. The van der Waals surface area contributed by atoms with Crippen LogP contribution in [0.15, 0.2) is 36.5 Å². The lowest BCUT2D eigenvalue weighted by Crippen LogP contribution is -2.30. The number of halogens is 1. The summed E-state index contributed by atoms with van der Waals surface area (Å²) in [6, 6.07) is 7.38. The molecule has 2 aromatic rings. The molecule has 0 aliphatic rings. The van der Waals surface area contributed by atoms with E-state index in [0.29, 0.717) is 23.6 Å². The van der Waals surface area contributed by atoms with Gasteiger partial charge in [-0.3, -0.25) is 4.79 Å². The summed E-state index contributed by atoms with van der Waals surface area (Å²) in [7, 11) is 0. The van der Waals surface area contributed by atoms with Crippen LogP contribution in [0.25, 0.3) is 0 Å². The van der Waals surface area contributed by atoms with Gasteiger partial charge in [-0.15, -0.1) is 0 Å². The fourth-order valence-corrected chi connectivity index (χ4v) is 1.74. The number of nitrogens with zero attached hydrogens (tertiary/aromatic N) is 1. The largest absolute Gasteiger partial charge is 0.397 e. The van der Waals surface area contributed by atoms with Gasteiger partial charge in [-0.1, -0.05) is 0 Å². The van der Waals surface area contributed by atoms with Crippen molar-refractivity contribution in [2.24, 2.45) is 0 Å². The minimum atomic E-state index is -0.327. The highest BCUT2D eigenvalue weighted by Crippen LogP contribution is 2.18. The predicted octanol–water partition coefficient (Wildman–Crippen LogP) is 2.40. The van der Waals surface area contributed by atoms with Crippen LogP contribution < -0.4 is 10.6 Å². The number of nitrogen functional groups attached to an aromatic ring is 1. The molecular formula is C13H14FN3O. The molecule has 0 saturated heterocycles. The normalized spacial score (nSPS) is 10.3. The maximum Gasteiger partial charge on any atom is 0.274 e. The van der Waals surface area contributed by atoms with Gasteiger partial charge < -0.3 is 15.6 Å². The molecule has 0 aliphatic heterocycles. The zero-order valence-electron chi connectivity index (χ0n) is 9.98. The van der Waals surface area contributed by atoms with Crippen molar-refractivity contribution in [3.63, 3.8) is 0 Å². The maximum absolute atomic E-state index is 12.9. The molecule has 0 saturated carbocycles. The standard InChI is InChI=1S/C13H14FN3O/c1-2-17(11-5-3-9(14)4-6-11)13(18)12-7-10(15)8-16-12/h3-8,16H,2,15H2,1H3. The highest BCUT2D eigenvalue weighted by atomic mass is 19.1. The molecule has 0 aliphatic carbocycles. The molecule has 94 valence electrons. The molecule has 1 aromatic heterocycles. The first kappa shape index (κ1) is 12.2. The SMILES string of the molecule is CCN(C(=O)c1cc(N)c[nH]1)c1ccc(F)cc1. The van der Waals surface area contributed by atoms with Gasteiger partial charge in [0.2, 0.25) is 0 Å². The minimum absolute atomic E-state index is 0.194. The summed E-state index contributed by atoms with van der Waals surface area (Å²) in [6.45, 7) is 2.34. The summed E-state index contributed by atoms with van der Waals surface area (Å²) < 4.78 is 12.9. The average molecular weight is 247 g/mol. The fourth-order valence-electron chi connectivity index (χ4n) is 1.74. The second-order valence-corrected chi connectivity index (χ2v) is 3.87. The van der Waals surface area contributed by atoms with Crippen molar-refractivity contribution in [1.82, 2.24) is 4.98 Å². The van der Waals surface area contributed by atoms with Crippen molar-refractivity contribution < 1.29 is 9.18 Å². The Labute approximate surface area is 104 Å². The van der Waals surface area contributed by atoms with Crippen molar-refractivity contribution in [2.75, 3.05) is 17.2 Å². The van der Waals surface area contributed by atoms with Crippen molar-refractivity contribution in [3.05, 3.63) is 48.0 Å². The van der Waals surface area contributed by atoms with Gasteiger partial charge in [0, 0.05) is 24.1 Å². The summed E-state index contributed by atoms with van der Waals surface area (Å²) in [5.41, 5.74) is 7.14. The number of nitrogens with two attached hydrogens (primary N) is 1. The number of benzene rings is 1. The van der Waals surface area contributed by atoms with E-state index in [4.69, 9.17) is 5.73 Å². The van der Waals surface area contributed by atoms with Crippen molar-refractivity contribution in [2.45, 2.75) is 6.92 Å². The maximum atomic E-state index is 12.9. The van der Waals surface area contributed by atoms with Gasteiger partial charge in [-0.2, -0.15) is 0 Å². The number of carbonyl (C=O) groups is 1. The Morgan fingerprint density at radius 3 is 2.56 bits per heavy atom. The quantitative estimate of drug-likeness (QED) is 0.874. The zero-order chi connectivity index (χ0) is 13.1. The summed E-state index contributed by atoms with van der Waals surface area (Å²) in [4.78, 5) is 16.6. The Morgan fingerprint density at radius 1 is 1.39 bits per heavy atom. The van der Waals surface area contributed by atoms with E-state index in [1.807, 2.05) is 6.92 Å². The van der Waals surface area contributed by atoms with E-state index in [0.717, 1.165) is 0 Å². The van der Waals surface area contributed by atoms with Gasteiger partial charge in [-0.05, 0) is 37.3 Å². The summed E-state index contributed by atoms with van der Waals surface area (Å²) in [5.74, 6) is -0.521.